The van der Waals surface area contributed by atoms with Crippen molar-refractivity contribution in [1.29, 1.82) is 0 Å². The number of Topliss-reactive ketones (excluding diaryl/α,β-unsaturated/α-hetero) is 1. The van der Waals surface area contributed by atoms with Gasteiger partial charge in [-0.25, -0.2) is 9.48 Å². The van der Waals surface area contributed by atoms with E-state index in [-0.39, 0.29) is 22.0 Å². The lowest BCUT2D eigenvalue weighted by molar-refractivity contribution is -0.483. The number of benzene rings is 2. The highest BCUT2D eigenvalue weighted by atomic mass is 35.5. The summed E-state index contributed by atoms with van der Waals surface area (Å²) in [5, 5.41) is 24.9. The lowest BCUT2D eigenvalue weighted by atomic mass is 9.92. The van der Waals surface area contributed by atoms with Crippen molar-refractivity contribution in [2.75, 3.05) is 6.54 Å². The monoisotopic (exact) mass is 580 g/mol. The van der Waals surface area contributed by atoms with Crippen LogP contribution in [0.3, 0.4) is 0 Å². The maximum Gasteiger partial charge on any atom is 0.416 e. The smallest absolute Gasteiger partial charge is 0.382 e. The van der Waals surface area contributed by atoms with Gasteiger partial charge >= 0.3 is 18.0 Å². The van der Waals surface area contributed by atoms with Gasteiger partial charge in [0.15, 0.2) is 17.7 Å². The van der Waals surface area contributed by atoms with Crippen LogP contribution < -0.4 is 5.69 Å². The molecule has 39 heavy (non-hydrogen) atoms. The molecule has 1 unspecified atom stereocenters. The lowest BCUT2D eigenvalue weighted by Gasteiger charge is -2.15. The Hall–Kier alpha value is -3.72. The molecule has 0 fully saturated rings. The minimum Gasteiger partial charge on any atom is -0.382 e. The number of ketones is 1. The fraction of sp³-hybridized carbons (Fsp3) is 0.348. The van der Waals surface area contributed by atoms with Crippen LogP contribution in [0.1, 0.15) is 23.5 Å². The molecule has 0 radical (unpaired) electrons. The van der Waals surface area contributed by atoms with Crippen molar-refractivity contribution >= 4 is 17.4 Å². The van der Waals surface area contributed by atoms with E-state index in [1.54, 1.807) is 0 Å². The molecule has 2 atom stereocenters. The summed E-state index contributed by atoms with van der Waals surface area (Å²) in [7, 11) is 0. The quantitative estimate of drug-likeness (QED) is 0.217. The van der Waals surface area contributed by atoms with E-state index in [4.69, 9.17) is 11.6 Å². The van der Waals surface area contributed by atoms with Gasteiger partial charge in [0, 0.05) is 21.9 Å². The van der Waals surface area contributed by atoms with Gasteiger partial charge in [-0.3, -0.25) is 19.5 Å². The average molecular weight is 581 g/mol. The van der Waals surface area contributed by atoms with E-state index in [1.165, 1.54) is 30.3 Å². The Morgan fingerprint density at radius 2 is 1.74 bits per heavy atom. The first-order chi connectivity index (χ1) is 18.1. The number of nitrogens with zero attached hydrogens (tertiary/aromatic N) is 4. The third-order valence-electron chi connectivity index (χ3n) is 5.61. The van der Waals surface area contributed by atoms with Gasteiger partial charge in [-0.1, -0.05) is 29.8 Å². The van der Waals surface area contributed by atoms with Gasteiger partial charge in [-0.2, -0.15) is 26.3 Å². The highest BCUT2D eigenvalue weighted by Gasteiger charge is 2.39. The summed E-state index contributed by atoms with van der Waals surface area (Å²) in [6.07, 6.45) is -13.4. The van der Waals surface area contributed by atoms with Crippen LogP contribution in [0.5, 0.6) is 0 Å². The Balaban J connectivity index is 1.93. The van der Waals surface area contributed by atoms with Crippen molar-refractivity contribution in [2.45, 2.75) is 43.9 Å². The molecule has 0 spiro atoms. The van der Waals surface area contributed by atoms with Crippen molar-refractivity contribution in [1.82, 2.24) is 14.3 Å². The molecule has 9 nitrogen and oxygen atoms in total. The van der Waals surface area contributed by atoms with Crippen molar-refractivity contribution in [2.24, 2.45) is 0 Å². The number of carbonyl (C=O) groups excluding carboxylic acids is 1. The molecule has 0 amide bonds. The lowest BCUT2D eigenvalue weighted by Crippen LogP contribution is -2.37. The summed E-state index contributed by atoms with van der Waals surface area (Å²) in [5.41, 5.74) is -2.27. The standard InChI is InChI=1S/C23H19ClF6N4O5/c24-17-6-4-13(5-7-17)20-31-33(21(37)32(20)12-19(36)23(28,29)30)11-18(35)9-15(10-34(38)39)14-2-1-3-16(8-14)22(25,26)27/h1-8,15,19,36H,9-12H2/t15?,19-/m0/s1. The second-order valence-corrected chi connectivity index (χ2v) is 8.95. The van der Waals surface area contributed by atoms with E-state index in [0.717, 1.165) is 12.1 Å². The Morgan fingerprint density at radius 1 is 1.10 bits per heavy atom. The van der Waals surface area contributed by atoms with Crippen LogP contribution in [-0.2, 0) is 24.1 Å². The zero-order valence-electron chi connectivity index (χ0n) is 19.6. The fourth-order valence-corrected chi connectivity index (χ4v) is 3.87. The highest BCUT2D eigenvalue weighted by molar-refractivity contribution is 6.30. The van der Waals surface area contributed by atoms with Crippen LogP contribution in [0.2, 0.25) is 5.02 Å². The van der Waals surface area contributed by atoms with Gasteiger partial charge in [0.05, 0.1) is 18.0 Å². The van der Waals surface area contributed by atoms with Gasteiger partial charge < -0.3 is 5.11 Å². The Labute approximate surface area is 220 Å². The Bertz CT molecular complexity index is 1400. The predicted molar refractivity (Wildman–Crippen MR) is 125 cm³/mol. The summed E-state index contributed by atoms with van der Waals surface area (Å²) in [5.74, 6) is -2.48. The molecular formula is C23H19ClF6N4O5. The van der Waals surface area contributed by atoms with Crippen LogP contribution in [0.4, 0.5) is 26.3 Å². The van der Waals surface area contributed by atoms with E-state index in [2.05, 4.69) is 5.10 Å². The molecule has 1 N–H and O–H groups in total. The largest absolute Gasteiger partial charge is 0.416 e. The molecule has 0 aliphatic carbocycles. The molecule has 1 heterocycles. The van der Waals surface area contributed by atoms with Gasteiger partial charge in [-0.05, 0) is 35.9 Å². The number of carbonyl (C=O) groups is 1. The van der Waals surface area contributed by atoms with Gasteiger partial charge in [0.1, 0.15) is 6.54 Å². The van der Waals surface area contributed by atoms with Crippen LogP contribution >= 0.6 is 11.6 Å². The maximum atomic E-state index is 13.1. The first kappa shape index (κ1) is 29.8. The first-order valence-corrected chi connectivity index (χ1v) is 11.4. The second-order valence-electron chi connectivity index (χ2n) is 8.52. The van der Waals surface area contributed by atoms with Crippen molar-refractivity contribution in [3.8, 4) is 11.4 Å². The minimum atomic E-state index is -5.07. The predicted octanol–water partition coefficient (Wildman–Crippen LogP) is 4.33. The van der Waals surface area contributed by atoms with Crippen molar-refractivity contribution in [3.05, 3.63) is 85.3 Å². The highest BCUT2D eigenvalue weighted by Crippen LogP contribution is 2.32. The topological polar surface area (TPSA) is 120 Å². The Kier molecular flexibility index (Phi) is 8.85. The normalized spacial score (nSPS) is 13.7. The molecular weight excluding hydrogens is 562 g/mol. The molecule has 0 saturated heterocycles. The SMILES string of the molecule is O=C(CC(C[N+](=O)[O-])c1cccc(C(F)(F)F)c1)Cn1nc(-c2ccc(Cl)cc2)n(C[C@H](O)C(F)(F)F)c1=O. The number of hydrogen-bond donors (Lipinski definition) is 1. The number of hydrogen-bond acceptors (Lipinski definition) is 6. The number of rotatable bonds is 10. The van der Waals surface area contributed by atoms with Crippen LogP contribution in [0.25, 0.3) is 11.4 Å². The summed E-state index contributed by atoms with van der Waals surface area (Å²) >= 11 is 5.82. The molecule has 0 aliphatic heterocycles. The summed E-state index contributed by atoms with van der Waals surface area (Å²) in [6.45, 7) is -2.99. The number of aromatic nitrogens is 3. The maximum absolute atomic E-state index is 13.1. The molecule has 3 aromatic rings. The number of nitro groups is 1. The number of alkyl halides is 6. The number of aliphatic hydroxyl groups excluding tert-OH is 1. The molecule has 1 aromatic heterocycles. The Morgan fingerprint density at radius 3 is 2.31 bits per heavy atom. The second kappa shape index (κ2) is 11.6. The fourth-order valence-electron chi connectivity index (χ4n) is 3.74. The van der Waals surface area contributed by atoms with Crippen LogP contribution in [0.15, 0.2) is 53.3 Å². The summed E-state index contributed by atoms with van der Waals surface area (Å²) in [4.78, 5) is 36.0. The molecule has 210 valence electrons. The van der Waals surface area contributed by atoms with Gasteiger partial charge in [-0.15, -0.1) is 5.10 Å². The zero-order chi connectivity index (χ0) is 29.1. The number of halogens is 7. The molecule has 2 aromatic carbocycles. The van der Waals surface area contributed by atoms with Crippen LogP contribution in [-0.4, -0.2) is 49.0 Å². The minimum absolute atomic E-state index is 0.132. The molecule has 3 rings (SSSR count). The molecule has 16 heteroatoms. The number of aliphatic hydroxyl groups is 1. The first-order valence-electron chi connectivity index (χ1n) is 11.0. The third-order valence-corrected chi connectivity index (χ3v) is 5.87. The van der Waals surface area contributed by atoms with Gasteiger partial charge in [0.25, 0.3) is 0 Å². The van der Waals surface area contributed by atoms with Gasteiger partial charge in [0.2, 0.25) is 6.54 Å². The molecule has 0 bridgehead atoms. The van der Waals surface area contributed by atoms with E-state index in [0.29, 0.717) is 15.3 Å². The van der Waals surface area contributed by atoms with Crippen molar-refractivity contribution in [3.63, 3.8) is 0 Å². The van der Waals surface area contributed by atoms with Crippen LogP contribution in [0, 0.1) is 10.1 Å². The molecule has 0 saturated carbocycles. The molecule has 0 aliphatic rings. The van der Waals surface area contributed by atoms with E-state index >= 15 is 0 Å². The third kappa shape index (κ3) is 7.66. The van der Waals surface area contributed by atoms with Crippen molar-refractivity contribution < 1.29 is 41.2 Å². The van der Waals surface area contributed by atoms with E-state index in [1.807, 2.05) is 0 Å². The summed E-state index contributed by atoms with van der Waals surface area (Å²) < 4.78 is 79.3. The summed E-state index contributed by atoms with van der Waals surface area (Å²) in [6, 6.07) is 9.08. The zero-order valence-corrected chi connectivity index (χ0v) is 20.4. The average Bonchev–Trinajstić information content (AvgIpc) is 3.12. The van der Waals surface area contributed by atoms with E-state index in [9.17, 15) is 51.2 Å². The van der Waals surface area contributed by atoms with E-state index < -0.39 is 72.4 Å².